The van der Waals surface area contributed by atoms with E-state index in [0.717, 1.165) is 0 Å². The maximum Gasteiger partial charge on any atom is 0.256 e. The first-order valence-electron chi connectivity index (χ1n) is 5.69. The van der Waals surface area contributed by atoms with E-state index in [9.17, 15) is 4.79 Å². The molecule has 0 fully saturated rings. The zero-order valence-electron chi connectivity index (χ0n) is 10.3. The molecule has 2 aromatic rings. The van der Waals surface area contributed by atoms with Crippen LogP contribution in [0.2, 0.25) is 0 Å². The predicted octanol–water partition coefficient (Wildman–Crippen LogP) is 2.26. The van der Waals surface area contributed by atoms with E-state index in [2.05, 4.69) is 26.4 Å². The van der Waals surface area contributed by atoms with E-state index in [0.29, 0.717) is 15.8 Å². The molecule has 0 bridgehead atoms. The minimum atomic E-state index is -0.726. The molecular weight excluding hydrogens is 326 g/mol. The molecule has 1 amide bonds. The largest absolute Gasteiger partial charge is 0.457 e. The van der Waals surface area contributed by atoms with Crippen LogP contribution in [0.25, 0.3) is 0 Å². The van der Waals surface area contributed by atoms with Gasteiger partial charge in [0.1, 0.15) is 6.04 Å². The van der Waals surface area contributed by atoms with Crippen molar-refractivity contribution < 1.29 is 14.4 Å². The van der Waals surface area contributed by atoms with Crippen molar-refractivity contribution in [2.75, 3.05) is 0 Å². The Bertz CT molecular complexity index is 625. The van der Waals surface area contributed by atoms with Crippen LogP contribution in [0.15, 0.2) is 56.9 Å². The summed E-state index contributed by atoms with van der Waals surface area (Å²) in [6.07, 6.45) is 1.39. The van der Waals surface area contributed by atoms with Gasteiger partial charge in [-0.05, 0) is 27.6 Å². The molecule has 2 rings (SSSR count). The van der Waals surface area contributed by atoms with Crippen molar-refractivity contribution in [1.29, 1.82) is 0 Å². The lowest BCUT2D eigenvalue weighted by Gasteiger charge is -2.17. The molecule has 0 aliphatic heterocycles. The van der Waals surface area contributed by atoms with Crippen molar-refractivity contribution >= 4 is 27.7 Å². The second-order valence-corrected chi connectivity index (χ2v) is 4.67. The number of nitrogens with zero attached hydrogens (tertiary/aromatic N) is 1. The van der Waals surface area contributed by atoms with E-state index in [-0.39, 0.29) is 5.84 Å². The number of furan rings is 1. The zero-order valence-corrected chi connectivity index (χ0v) is 11.9. The molecule has 6 nitrogen and oxygen atoms in total. The normalized spacial score (nSPS) is 12.9. The van der Waals surface area contributed by atoms with Gasteiger partial charge in [-0.2, -0.15) is 0 Å². The minimum Gasteiger partial charge on any atom is -0.457 e. The maximum absolute atomic E-state index is 12.1. The fraction of sp³-hybridized carbons (Fsp3) is 0.0769. The molecule has 0 saturated heterocycles. The van der Waals surface area contributed by atoms with Crippen LogP contribution in [0, 0.1) is 0 Å². The van der Waals surface area contributed by atoms with Crippen LogP contribution in [0.4, 0.5) is 0 Å². The van der Waals surface area contributed by atoms with Gasteiger partial charge in [-0.1, -0.05) is 35.5 Å². The van der Waals surface area contributed by atoms with Crippen molar-refractivity contribution in [3.8, 4) is 0 Å². The second kappa shape index (κ2) is 6.25. The number of carbonyl (C=O) groups is 1. The third-order valence-electron chi connectivity index (χ3n) is 2.68. The van der Waals surface area contributed by atoms with E-state index in [1.165, 1.54) is 12.3 Å². The van der Waals surface area contributed by atoms with Gasteiger partial charge < -0.3 is 20.7 Å². The third kappa shape index (κ3) is 3.00. The Morgan fingerprint density at radius 1 is 1.35 bits per heavy atom. The van der Waals surface area contributed by atoms with Crippen molar-refractivity contribution in [1.82, 2.24) is 5.32 Å². The lowest BCUT2D eigenvalue weighted by Crippen LogP contribution is -2.37. The van der Waals surface area contributed by atoms with Gasteiger partial charge in [0.2, 0.25) is 0 Å². The first-order chi connectivity index (χ1) is 9.63. The van der Waals surface area contributed by atoms with Gasteiger partial charge in [0.15, 0.2) is 10.5 Å². The number of halogens is 1. The van der Waals surface area contributed by atoms with Crippen LogP contribution in [-0.2, 0) is 0 Å². The maximum atomic E-state index is 12.1. The summed E-state index contributed by atoms with van der Waals surface area (Å²) in [5.74, 6) is -0.504. The van der Waals surface area contributed by atoms with E-state index < -0.39 is 11.9 Å². The highest BCUT2D eigenvalue weighted by atomic mass is 79.9. The van der Waals surface area contributed by atoms with Gasteiger partial charge in [0, 0.05) is 0 Å². The van der Waals surface area contributed by atoms with Crippen molar-refractivity contribution in [2.24, 2.45) is 10.9 Å². The molecule has 4 N–H and O–H groups in total. The Morgan fingerprint density at radius 3 is 2.60 bits per heavy atom. The smallest absolute Gasteiger partial charge is 0.256 e. The van der Waals surface area contributed by atoms with Crippen molar-refractivity contribution in [2.45, 2.75) is 6.04 Å². The van der Waals surface area contributed by atoms with Crippen LogP contribution in [0.3, 0.4) is 0 Å². The summed E-state index contributed by atoms with van der Waals surface area (Å²) in [6.45, 7) is 0. The van der Waals surface area contributed by atoms with Crippen molar-refractivity contribution in [3.05, 3.63) is 58.5 Å². The number of hydrogen-bond acceptors (Lipinski definition) is 4. The summed E-state index contributed by atoms with van der Waals surface area (Å²) in [6, 6.07) is 9.77. The minimum absolute atomic E-state index is 0.107. The van der Waals surface area contributed by atoms with Gasteiger partial charge in [-0.25, -0.2) is 0 Å². The summed E-state index contributed by atoms with van der Waals surface area (Å²) >= 11 is 3.13. The average Bonchev–Trinajstić information content (AvgIpc) is 2.91. The van der Waals surface area contributed by atoms with Crippen LogP contribution in [0.1, 0.15) is 22.0 Å². The molecule has 7 heteroatoms. The molecule has 0 radical (unpaired) electrons. The quantitative estimate of drug-likeness (QED) is 0.344. The molecule has 0 aliphatic carbocycles. The first kappa shape index (κ1) is 14.1. The summed E-state index contributed by atoms with van der Waals surface area (Å²) in [5, 5.41) is 14.5. The average molecular weight is 338 g/mol. The van der Waals surface area contributed by atoms with E-state index in [1.807, 2.05) is 6.07 Å². The lowest BCUT2D eigenvalue weighted by molar-refractivity contribution is 0.0944. The SMILES string of the molecule is N/C(=N/O)C(NC(=O)c1ccoc1Br)c1ccccc1. The van der Waals surface area contributed by atoms with Crippen LogP contribution >= 0.6 is 15.9 Å². The zero-order chi connectivity index (χ0) is 14.5. The van der Waals surface area contributed by atoms with Gasteiger partial charge in [-0.3, -0.25) is 4.79 Å². The molecule has 104 valence electrons. The highest BCUT2D eigenvalue weighted by Gasteiger charge is 2.21. The number of carbonyl (C=O) groups excluding carboxylic acids is 1. The molecule has 1 aromatic heterocycles. The van der Waals surface area contributed by atoms with Gasteiger partial charge in [-0.15, -0.1) is 0 Å². The molecule has 1 aromatic carbocycles. The predicted molar refractivity (Wildman–Crippen MR) is 76.5 cm³/mol. The monoisotopic (exact) mass is 337 g/mol. The molecule has 1 heterocycles. The highest BCUT2D eigenvalue weighted by molar-refractivity contribution is 9.10. The Kier molecular flexibility index (Phi) is 4.41. The van der Waals surface area contributed by atoms with Crippen LogP contribution in [0.5, 0.6) is 0 Å². The van der Waals surface area contributed by atoms with Gasteiger partial charge >= 0.3 is 0 Å². The number of rotatable bonds is 4. The fourth-order valence-electron chi connectivity index (χ4n) is 1.70. The summed E-state index contributed by atoms with van der Waals surface area (Å²) in [4.78, 5) is 12.1. The van der Waals surface area contributed by atoms with E-state index in [4.69, 9.17) is 15.4 Å². The molecule has 1 unspecified atom stereocenters. The van der Waals surface area contributed by atoms with Crippen LogP contribution < -0.4 is 11.1 Å². The second-order valence-electron chi connectivity index (χ2n) is 3.95. The van der Waals surface area contributed by atoms with Gasteiger partial charge in [0.05, 0.1) is 11.8 Å². The third-order valence-corrected chi connectivity index (χ3v) is 3.30. The Labute approximate surface area is 123 Å². The first-order valence-corrected chi connectivity index (χ1v) is 6.49. The van der Waals surface area contributed by atoms with E-state index in [1.54, 1.807) is 24.3 Å². The number of nitrogens with two attached hydrogens (primary N) is 1. The summed E-state index contributed by atoms with van der Waals surface area (Å²) < 4.78 is 5.33. The van der Waals surface area contributed by atoms with Gasteiger partial charge in [0.25, 0.3) is 5.91 Å². The number of nitrogens with one attached hydrogen (secondary N) is 1. The summed E-state index contributed by atoms with van der Waals surface area (Å²) in [5.41, 5.74) is 6.67. The Morgan fingerprint density at radius 2 is 2.05 bits per heavy atom. The number of oxime groups is 1. The van der Waals surface area contributed by atoms with Crippen molar-refractivity contribution in [3.63, 3.8) is 0 Å². The number of amidine groups is 1. The molecule has 0 saturated carbocycles. The topological polar surface area (TPSA) is 101 Å². The Hall–Kier alpha value is -2.28. The molecular formula is C13H12BrN3O3. The molecule has 1 atom stereocenters. The fourth-order valence-corrected chi connectivity index (χ4v) is 2.12. The molecule has 20 heavy (non-hydrogen) atoms. The number of hydrogen-bond donors (Lipinski definition) is 3. The Balaban J connectivity index is 2.26. The lowest BCUT2D eigenvalue weighted by atomic mass is 10.1. The molecule has 0 spiro atoms. The highest BCUT2D eigenvalue weighted by Crippen LogP contribution is 2.19. The summed E-state index contributed by atoms with van der Waals surface area (Å²) in [7, 11) is 0. The van der Waals surface area contributed by atoms with E-state index >= 15 is 0 Å². The van der Waals surface area contributed by atoms with Crippen LogP contribution in [-0.4, -0.2) is 17.0 Å². The molecule has 0 aliphatic rings. The number of benzene rings is 1. The standard InChI is InChI=1S/C13H12BrN3O3/c14-11-9(6-7-20-11)13(18)16-10(12(15)17-19)8-4-2-1-3-5-8/h1-7,10,19H,(H2,15,17)(H,16,18). The number of amides is 1.